The molecule has 0 aliphatic carbocycles. The molecule has 0 bridgehead atoms. The SMILES string of the molecule is c1ccc(-c2nc3cc4c(cc3n2C2CCNCC2)OCCO4)cc1. The molecule has 2 aromatic carbocycles. The quantitative estimate of drug-likeness (QED) is 0.780. The standard InChI is InChI=1S/C20H21N3O2/c1-2-4-14(5-3-1)20-22-16-12-18-19(25-11-10-24-18)13-17(16)23(20)15-6-8-21-9-7-15/h1-5,12-13,15,21H,6-11H2. The molecule has 1 fully saturated rings. The third kappa shape index (κ3) is 2.55. The maximum atomic E-state index is 5.81. The van der Waals surface area contributed by atoms with Crippen LogP contribution in [0.4, 0.5) is 0 Å². The molecule has 0 atom stereocenters. The summed E-state index contributed by atoms with van der Waals surface area (Å²) in [5.41, 5.74) is 3.26. The van der Waals surface area contributed by atoms with Crippen LogP contribution in [0.1, 0.15) is 18.9 Å². The van der Waals surface area contributed by atoms with Gasteiger partial charge < -0.3 is 19.4 Å². The van der Waals surface area contributed by atoms with Crippen molar-refractivity contribution in [2.45, 2.75) is 18.9 Å². The molecule has 1 saturated heterocycles. The number of aromatic nitrogens is 2. The van der Waals surface area contributed by atoms with E-state index in [1.54, 1.807) is 0 Å². The van der Waals surface area contributed by atoms with Gasteiger partial charge in [0.15, 0.2) is 11.5 Å². The minimum absolute atomic E-state index is 0.448. The van der Waals surface area contributed by atoms with Gasteiger partial charge in [-0.1, -0.05) is 30.3 Å². The molecule has 3 aromatic rings. The maximum absolute atomic E-state index is 5.81. The van der Waals surface area contributed by atoms with Crippen LogP contribution in [0.2, 0.25) is 0 Å². The van der Waals surface area contributed by atoms with E-state index in [0.29, 0.717) is 19.3 Å². The van der Waals surface area contributed by atoms with Gasteiger partial charge in [-0.15, -0.1) is 0 Å². The molecule has 0 radical (unpaired) electrons. The van der Waals surface area contributed by atoms with Crippen LogP contribution < -0.4 is 14.8 Å². The number of nitrogens with zero attached hydrogens (tertiary/aromatic N) is 2. The Balaban J connectivity index is 1.73. The average molecular weight is 335 g/mol. The highest BCUT2D eigenvalue weighted by Crippen LogP contribution is 2.39. The molecule has 0 saturated carbocycles. The predicted octanol–water partition coefficient (Wildman–Crippen LogP) is 3.40. The van der Waals surface area contributed by atoms with Crippen molar-refractivity contribution in [1.82, 2.24) is 14.9 Å². The number of hydrogen-bond acceptors (Lipinski definition) is 4. The van der Waals surface area contributed by atoms with Gasteiger partial charge in [-0.05, 0) is 25.9 Å². The summed E-state index contributed by atoms with van der Waals surface area (Å²) in [6.07, 6.45) is 2.22. The van der Waals surface area contributed by atoms with E-state index in [2.05, 4.69) is 40.2 Å². The number of fused-ring (bicyclic) bond motifs is 2. The van der Waals surface area contributed by atoms with Crippen LogP contribution in [0.15, 0.2) is 42.5 Å². The zero-order valence-electron chi connectivity index (χ0n) is 14.1. The minimum atomic E-state index is 0.448. The zero-order valence-corrected chi connectivity index (χ0v) is 14.1. The number of nitrogens with one attached hydrogen (secondary N) is 1. The van der Waals surface area contributed by atoms with Gasteiger partial charge in [0.25, 0.3) is 0 Å². The number of imidazole rings is 1. The van der Waals surface area contributed by atoms with Crippen LogP contribution >= 0.6 is 0 Å². The van der Waals surface area contributed by atoms with Crippen LogP contribution in [0.5, 0.6) is 11.5 Å². The van der Waals surface area contributed by atoms with Crippen LogP contribution in [0.25, 0.3) is 22.4 Å². The van der Waals surface area contributed by atoms with E-state index < -0.39 is 0 Å². The number of rotatable bonds is 2. The Labute approximate surface area is 146 Å². The van der Waals surface area contributed by atoms with Gasteiger partial charge in [-0.3, -0.25) is 0 Å². The molecule has 2 aliphatic heterocycles. The zero-order chi connectivity index (χ0) is 16.6. The van der Waals surface area contributed by atoms with E-state index in [1.165, 1.54) is 0 Å². The van der Waals surface area contributed by atoms with Crippen molar-refractivity contribution in [3.63, 3.8) is 0 Å². The first-order chi connectivity index (χ1) is 12.4. The molecule has 5 nitrogen and oxygen atoms in total. The Bertz CT molecular complexity index is 898. The summed E-state index contributed by atoms with van der Waals surface area (Å²) in [7, 11) is 0. The largest absolute Gasteiger partial charge is 0.486 e. The molecule has 25 heavy (non-hydrogen) atoms. The van der Waals surface area contributed by atoms with Gasteiger partial charge in [-0.2, -0.15) is 0 Å². The fourth-order valence-electron chi connectivity index (χ4n) is 3.86. The summed E-state index contributed by atoms with van der Waals surface area (Å²) >= 11 is 0. The van der Waals surface area contributed by atoms with Crippen LogP contribution in [0.3, 0.4) is 0 Å². The second-order valence-electron chi connectivity index (χ2n) is 6.64. The Morgan fingerprint density at radius 1 is 0.960 bits per heavy atom. The van der Waals surface area contributed by atoms with Crippen LogP contribution in [-0.4, -0.2) is 35.9 Å². The molecule has 1 aromatic heterocycles. The molecule has 0 spiro atoms. The second-order valence-corrected chi connectivity index (χ2v) is 6.64. The summed E-state index contributed by atoms with van der Waals surface area (Å²) in [6, 6.07) is 15.0. The van der Waals surface area contributed by atoms with Gasteiger partial charge in [-0.25, -0.2) is 4.98 Å². The molecule has 0 unspecified atom stereocenters. The molecule has 128 valence electrons. The lowest BCUT2D eigenvalue weighted by atomic mass is 10.1. The first-order valence-corrected chi connectivity index (χ1v) is 8.98. The van der Waals surface area contributed by atoms with Crippen molar-refractivity contribution in [3.8, 4) is 22.9 Å². The first-order valence-electron chi connectivity index (χ1n) is 8.98. The van der Waals surface area contributed by atoms with Gasteiger partial charge in [0.05, 0.1) is 11.0 Å². The van der Waals surface area contributed by atoms with E-state index in [4.69, 9.17) is 14.5 Å². The highest BCUT2D eigenvalue weighted by Gasteiger charge is 2.24. The van der Waals surface area contributed by atoms with E-state index in [1.807, 2.05) is 12.1 Å². The topological polar surface area (TPSA) is 48.3 Å². The maximum Gasteiger partial charge on any atom is 0.163 e. The van der Waals surface area contributed by atoms with Gasteiger partial charge in [0, 0.05) is 23.7 Å². The molecule has 3 heterocycles. The summed E-state index contributed by atoms with van der Waals surface area (Å²) in [5, 5.41) is 3.46. The second kappa shape index (κ2) is 6.08. The smallest absolute Gasteiger partial charge is 0.163 e. The lowest BCUT2D eigenvalue weighted by Gasteiger charge is -2.26. The number of hydrogen-bond donors (Lipinski definition) is 1. The van der Waals surface area contributed by atoms with Crippen molar-refractivity contribution in [3.05, 3.63) is 42.5 Å². The molecular weight excluding hydrogens is 314 g/mol. The van der Waals surface area contributed by atoms with Crippen LogP contribution in [-0.2, 0) is 0 Å². The molecule has 5 heteroatoms. The van der Waals surface area contributed by atoms with Crippen molar-refractivity contribution in [2.24, 2.45) is 0 Å². The van der Waals surface area contributed by atoms with E-state index >= 15 is 0 Å². The lowest BCUT2D eigenvalue weighted by molar-refractivity contribution is 0.172. The predicted molar refractivity (Wildman–Crippen MR) is 97.3 cm³/mol. The molecule has 0 amide bonds. The molecule has 1 N–H and O–H groups in total. The van der Waals surface area contributed by atoms with E-state index in [0.717, 1.165) is 59.9 Å². The average Bonchev–Trinajstić information content (AvgIpc) is 3.06. The van der Waals surface area contributed by atoms with Gasteiger partial charge in [0.1, 0.15) is 19.0 Å². The summed E-state index contributed by atoms with van der Waals surface area (Å²) in [4.78, 5) is 4.97. The van der Waals surface area contributed by atoms with Crippen molar-refractivity contribution < 1.29 is 9.47 Å². The lowest BCUT2D eigenvalue weighted by Crippen LogP contribution is -2.29. The normalized spacial score (nSPS) is 17.8. The van der Waals surface area contributed by atoms with Crippen LogP contribution in [0, 0.1) is 0 Å². The Morgan fingerprint density at radius 2 is 1.68 bits per heavy atom. The monoisotopic (exact) mass is 335 g/mol. The fourth-order valence-corrected chi connectivity index (χ4v) is 3.86. The Morgan fingerprint density at radius 3 is 2.44 bits per heavy atom. The van der Waals surface area contributed by atoms with E-state index in [9.17, 15) is 0 Å². The highest BCUT2D eigenvalue weighted by molar-refractivity contribution is 5.84. The summed E-state index contributed by atoms with van der Waals surface area (Å²) in [5.74, 6) is 2.66. The fraction of sp³-hybridized carbons (Fsp3) is 0.350. The summed E-state index contributed by atoms with van der Waals surface area (Å²) < 4.78 is 14.0. The number of benzene rings is 2. The third-order valence-corrected chi connectivity index (χ3v) is 5.06. The molecule has 5 rings (SSSR count). The number of piperidine rings is 1. The van der Waals surface area contributed by atoms with E-state index in [-0.39, 0.29) is 0 Å². The highest BCUT2D eigenvalue weighted by atomic mass is 16.6. The van der Waals surface area contributed by atoms with Gasteiger partial charge >= 0.3 is 0 Å². The molecular formula is C20H21N3O2. The number of ether oxygens (including phenoxy) is 2. The van der Waals surface area contributed by atoms with Crippen molar-refractivity contribution in [1.29, 1.82) is 0 Å². The van der Waals surface area contributed by atoms with Gasteiger partial charge in [0.2, 0.25) is 0 Å². The Kier molecular flexibility index (Phi) is 3.59. The summed E-state index contributed by atoms with van der Waals surface area (Å²) in [6.45, 7) is 3.29. The van der Waals surface area contributed by atoms with Crippen molar-refractivity contribution in [2.75, 3.05) is 26.3 Å². The molecule has 2 aliphatic rings. The van der Waals surface area contributed by atoms with Crippen molar-refractivity contribution >= 4 is 11.0 Å². The minimum Gasteiger partial charge on any atom is -0.486 e. The Hall–Kier alpha value is -2.53. The first kappa shape index (κ1) is 14.8. The third-order valence-electron chi connectivity index (χ3n) is 5.06.